The summed E-state index contributed by atoms with van der Waals surface area (Å²) in [7, 11) is 1.21. The fourth-order valence-electron chi connectivity index (χ4n) is 1.63. The Morgan fingerprint density at radius 3 is 2.36 bits per heavy atom. The predicted molar refractivity (Wildman–Crippen MR) is 75.8 cm³/mol. The first kappa shape index (κ1) is 16.4. The van der Waals surface area contributed by atoms with E-state index in [1.165, 1.54) is 19.2 Å². The van der Waals surface area contributed by atoms with E-state index in [1.807, 2.05) is 0 Å². The number of benzene rings is 1. The molecule has 0 fully saturated rings. The molecule has 0 aliphatic heterocycles. The third kappa shape index (κ3) is 3.45. The zero-order valence-corrected chi connectivity index (χ0v) is 12.5. The van der Waals surface area contributed by atoms with Gasteiger partial charge in [-0.05, 0) is 24.3 Å². The molecule has 118 valence electrons. The lowest BCUT2D eigenvalue weighted by Crippen LogP contribution is -2.31. The molecular formula is C12H9Cl2F3N4O. The van der Waals surface area contributed by atoms with Crippen molar-refractivity contribution in [1.82, 2.24) is 15.2 Å². The summed E-state index contributed by atoms with van der Waals surface area (Å²) in [5.41, 5.74) is 2.93. The third-order valence-corrected chi connectivity index (χ3v) is 3.32. The fraction of sp³-hybridized carbons (Fsp3) is 0.167. The van der Waals surface area contributed by atoms with Crippen LogP contribution in [0.25, 0.3) is 0 Å². The number of nitrogens with zero attached hydrogens (tertiary/aromatic N) is 2. The third-order valence-electron chi connectivity index (χ3n) is 2.64. The summed E-state index contributed by atoms with van der Waals surface area (Å²) in [5, 5.41) is 3.29. The van der Waals surface area contributed by atoms with Crippen LogP contribution in [-0.4, -0.2) is 15.7 Å². The summed E-state index contributed by atoms with van der Waals surface area (Å²) in [4.78, 5) is 11.9. The number of halogens is 5. The largest absolute Gasteiger partial charge is 0.436 e. The Hall–Kier alpha value is -1.93. The fourth-order valence-corrected chi connectivity index (χ4v) is 1.97. The molecule has 0 aliphatic carbocycles. The molecule has 0 bridgehead atoms. The van der Waals surface area contributed by atoms with Crippen LogP contribution in [-0.2, 0) is 13.2 Å². The zero-order chi connectivity index (χ0) is 16.5. The number of hydrogen-bond donors (Lipinski definition) is 2. The summed E-state index contributed by atoms with van der Waals surface area (Å²) < 4.78 is 39.4. The van der Waals surface area contributed by atoms with E-state index < -0.39 is 28.5 Å². The van der Waals surface area contributed by atoms with Crippen LogP contribution in [0.5, 0.6) is 0 Å². The van der Waals surface area contributed by atoms with E-state index in [4.69, 9.17) is 23.2 Å². The number of carbonyl (C=O) groups excluding carboxylic acids is 1. The quantitative estimate of drug-likeness (QED) is 0.831. The lowest BCUT2D eigenvalue weighted by Gasteiger charge is -2.10. The second-order valence-electron chi connectivity index (χ2n) is 4.22. The van der Waals surface area contributed by atoms with Gasteiger partial charge in [-0.1, -0.05) is 23.2 Å². The number of nitrogens with one attached hydrogen (secondary N) is 2. The summed E-state index contributed by atoms with van der Waals surface area (Å²) >= 11 is 11.4. The minimum Gasteiger partial charge on any atom is -0.298 e. The molecular weight excluding hydrogens is 344 g/mol. The van der Waals surface area contributed by atoms with Crippen molar-refractivity contribution in [3.05, 3.63) is 45.7 Å². The number of anilines is 1. The average Bonchev–Trinajstić information content (AvgIpc) is 2.74. The number of aromatic nitrogens is 2. The molecule has 2 aromatic rings. The van der Waals surface area contributed by atoms with E-state index in [1.54, 1.807) is 12.1 Å². The Balaban J connectivity index is 2.21. The first-order valence-electron chi connectivity index (χ1n) is 5.81. The predicted octanol–water partition coefficient (Wildman–Crippen LogP) is 3.50. The molecule has 2 N–H and O–H groups in total. The molecule has 0 unspecified atom stereocenters. The van der Waals surface area contributed by atoms with E-state index in [9.17, 15) is 18.0 Å². The van der Waals surface area contributed by atoms with E-state index in [2.05, 4.69) is 16.0 Å². The molecule has 2 rings (SSSR count). The van der Waals surface area contributed by atoms with Gasteiger partial charge in [0.1, 0.15) is 10.7 Å². The summed E-state index contributed by atoms with van der Waals surface area (Å²) in [6.07, 6.45) is -4.79. The van der Waals surface area contributed by atoms with E-state index in [0.717, 1.165) is 4.68 Å². The molecule has 22 heavy (non-hydrogen) atoms. The van der Waals surface area contributed by atoms with Crippen LogP contribution in [0.1, 0.15) is 16.1 Å². The molecule has 0 spiro atoms. The normalized spacial score (nSPS) is 11.4. The van der Waals surface area contributed by atoms with Crippen molar-refractivity contribution in [1.29, 1.82) is 0 Å². The second kappa shape index (κ2) is 6.05. The van der Waals surface area contributed by atoms with Gasteiger partial charge in [-0.2, -0.15) is 18.3 Å². The van der Waals surface area contributed by atoms with Gasteiger partial charge in [0, 0.05) is 12.1 Å². The lowest BCUT2D eigenvalue weighted by atomic mass is 10.2. The summed E-state index contributed by atoms with van der Waals surface area (Å²) in [6, 6.07) is 6.18. The van der Waals surface area contributed by atoms with Gasteiger partial charge in [-0.25, -0.2) is 0 Å². The van der Waals surface area contributed by atoms with Crippen LogP contribution in [0.15, 0.2) is 24.3 Å². The van der Waals surface area contributed by atoms with Crippen LogP contribution < -0.4 is 10.9 Å². The molecule has 0 radical (unpaired) electrons. The first-order chi connectivity index (χ1) is 10.2. The molecule has 0 saturated heterocycles. The molecule has 1 aromatic heterocycles. The minimum absolute atomic E-state index is 0.414. The lowest BCUT2D eigenvalue weighted by molar-refractivity contribution is -0.141. The minimum atomic E-state index is -4.79. The van der Waals surface area contributed by atoms with Crippen molar-refractivity contribution in [2.45, 2.75) is 6.18 Å². The van der Waals surface area contributed by atoms with Crippen molar-refractivity contribution in [3.63, 3.8) is 0 Å². The molecule has 5 nitrogen and oxygen atoms in total. The standard InChI is InChI=1S/C12H9Cl2F3N4O/c1-21-10(14)8(9(20-21)12(15,16)17)11(22)19-18-7-4-2-6(13)3-5-7/h2-5,18H,1H3,(H,19,22). The highest BCUT2D eigenvalue weighted by Gasteiger charge is 2.41. The molecule has 1 heterocycles. The van der Waals surface area contributed by atoms with Gasteiger partial charge in [0.15, 0.2) is 5.69 Å². The summed E-state index contributed by atoms with van der Waals surface area (Å²) in [6.45, 7) is 0. The van der Waals surface area contributed by atoms with Gasteiger partial charge in [0.05, 0.1) is 5.69 Å². The smallest absolute Gasteiger partial charge is 0.298 e. The Morgan fingerprint density at radius 2 is 1.82 bits per heavy atom. The van der Waals surface area contributed by atoms with Crippen LogP contribution in [0.4, 0.5) is 18.9 Å². The molecule has 1 amide bonds. The average molecular weight is 353 g/mol. The number of alkyl halides is 3. The SMILES string of the molecule is Cn1nc(C(F)(F)F)c(C(=O)NNc2ccc(Cl)cc2)c1Cl. The van der Waals surface area contributed by atoms with Crippen molar-refractivity contribution >= 4 is 34.8 Å². The first-order valence-corrected chi connectivity index (χ1v) is 6.57. The van der Waals surface area contributed by atoms with Crippen molar-refractivity contribution in [2.75, 3.05) is 5.43 Å². The Bertz CT molecular complexity index is 698. The van der Waals surface area contributed by atoms with Crippen LogP contribution in [0.3, 0.4) is 0 Å². The molecule has 10 heteroatoms. The van der Waals surface area contributed by atoms with Crippen molar-refractivity contribution in [3.8, 4) is 0 Å². The second-order valence-corrected chi connectivity index (χ2v) is 5.02. The number of hydrazine groups is 1. The van der Waals surface area contributed by atoms with E-state index >= 15 is 0 Å². The number of rotatable bonds is 3. The topological polar surface area (TPSA) is 59.0 Å². The Labute approximate surface area is 133 Å². The maximum atomic E-state index is 12.9. The van der Waals surface area contributed by atoms with Crippen LogP contribution >= 0.6 is 23.2 Å². The zero-order valence-electron chi connectivity index (χ0n) is 11.0. The maximum absolute atomic E-state index is 12.9. The highest BCUT2D eigenvalue weighted by Crippen LogP contribution is 2.34. The highest BCUT2D eigenvalue weighted by molar-refractivity contribution is 6.33. The van der Waals surface area contributed by atoms with Gasteiger partial charge in [-0.3, -0.25) is 20.3 Å². The number of aryl methyl sites for hydroxylation is 1. The monoisotopic (exact) mass is 352 g/mol. The van der Waals surface area contributed by atoms with Gasteiger partial charge < -0.3 is 0 Å². The maximum Gasteiger partial charge on any atom is 0.436 e. The molecule has 0 aliphatic rings. The van der Waals surface area contributed by atoms with Gasteiger partial charge in [0.25, 0.3) is 5.91 Å². The van der Waals surface area contributed by atoms with Crippen LogP contribution in [0, 0.1) is 0 Å². The van der Waals surface area contributed by atoms with E-state index in [-0.39, 0.29) is 0 Å². The van der Waals surface area contributed by atoms with Crippen LogP contribution in [0.2, 0.25) is 10.2 Å². The molecule has 0 saturated carbocycles. The number of carbonyl (C=O) groups is 1. The van der Waals surface area contributed by atoms with Gasteiger partial charge >= 0.3 is 6.18 Å². The van der Waals surface area contributed by atoms with Gasteiger partial charge in [-0.15, -0.1) is 0 Å². The Morgan fingerprint density at radius 1 is 1.23 bits per heavy atom. The summed E-state index contributed by atoms with van der Waals surface area (Å²) in [5.74, 6) is -1.06. The Kier molecular flexibility index (Phi) is 4.52. The van der Waals surface area contributed by atoms with Crippen molar-refractivity contribution < 1.29 is 18.0 Å². The molecule has 1 aromatic carbocycles. The molecule has 0 atom stereocenters. The van der Waals surface area contributed by atoms with Gasteiger partial charge in [0.2, 0.25) is 0 Å². The number of amides is 1. The number of hydrogen-bond acceptors (Lipinski definition) is 3. The van der Waals surface area contributed by atoms with E-state index in [0.29, 0.717) is 10.7 Å². The highest BCUT2D eigenvalue weighted by atomic mass is 35.5. The van der Waals surface area contributed by atoms with Crippen molar-refractivity contribution in [2.24, 2.45) is 7.05 Å².